The number of ketones is 1. The first-order valence-corrected chi connectivity index (χ1v) is 7.99. The number of carbonyl (C=O) groups excluding carboxylic acids is 3. The molecule has 24 heavy (non-hydrogen) atoms. The summed E-state index contributed by atoms with van der Waals surface area (Å²) in [5.74, 6) is -0.618. The van der Waals surface area contributed by atoms with E-state index in [2.05, 4.69) is 5.32 Å². The highest BCUT2D eigenvalue weighted by atomic mass is 19.1. The molecule has 1 fully saturated rings. The van der Waals surface area contributed by atoms with Gasteiger partial charge in [0.25, 0.3) is 0 Å². The van der Waals surface area contributed by atoms with Crippen LogP contribution >= 0.6 is 0 Å². The molecule has 0 saturated carbocycles. The van der Waals surface area contributed by atoms with Crippen LogP contribution in [0.25, 0.3) is 0 Å². The first kappa shape index (κ1) is 18.1. The number of rotatable bonds is 6. The van der Waals surface area contributed by atoms with Crippen LogP contribution < -0.4 is 5.32 Å². The molecule has 0 aliphatic carbocycles. The maximum Gasteiger partial charge on any atom is 0.238 e. The first-order chi connectivity index (χ1) is 11.4. The zero-order chi connectivity index (χ0) is 17.5. The topological polar surface area (TPSA) is 69.7 Å². The summed E-state index contributed by atoms with van der Waals surface area (Å²) in [6, 6.07) is 5.75. The number of halogens is 1. The van der Waals surface area contributed by atoms with Gasteiger partial charge >= 0.3 is 0 Å². The second kappa shape index (κ2) is 8.54. The van der Waals surface area contributed by atoms with Crippen LogP contribution in [0.15, 0.2) is 24.3 Å². The maximum absolute atomic E-state index is 13.1. The van der Waals surface area contributed by atoms with E-state index in [4.69, 9.17) is 0 Å². The highest BCUT2D eigenvalue weighted by molar-refractivity contribution is 5.92. The van der Waals surface area contributed by atoms with Crippen molar-refractivity contribution >= 4 is 23.3 Å². The third kappa shape index (κ3) is 5.73. The Hall–Kier alpha value is -2.28. The zero-order valence-corrected chi connectivity index (χ0v) is 13.8. The molecule has 1 aliphatic heterocycles. The molecular weight excluding hydrogens is 313 g/mol. The van der Waals surface area contributed by atoms with E-state index in [1.165, 1.54) is 25.1 Å². The minimum Gasteiger partial charge on any atom is -0.340 e. The Bertz CT molecular complexity index is 613. The van der Waals surface area contributed by atoms with Crippen LogP contribution in [0.1, 0.15) is 19.8 Å². The van der Waals surface area contributed by atoms with Crippen molar-refractivity contribution in [3.05, 3.63) is 30.1 Å². The lowest BCUT2D eigenvalue weighted by Crippen LogP contribution is -2.50. The number of Topliss-reactive ketones (excluding diaryl/α,β-unsaturated/α-hetero) is 1. The smallest absolute Gasteiger partial charge is 0.238 e. The Balaban J connectivity index is 1.73. The number of nitrogens with one attached hydrogen (secondary N) is 1. The van der Waals surface area contributed by atoms with Crippen molar-refractivity contribution in [1.82, 2.24) is 9.80 Å². The van der Waals surface area contributed by atoms with Gasteiger partial charge in [0, 0.05) is 44.7 Å². The molecule has 1 saturated heterocycles. The van der Waals surface area contributed by atoms with E-state index in [0.29, 0.717) is 31.9 Å². The number of nitrogens with zero attached hydrogens (tertiary/aromatic N) is 2. The van der Waals surface area contributed by atoms with Crippen LogP contribution in [0, 0.1) is 5.82 Å². The molecule has 0 spiro atoms. The average Bonchev–Trinajstić information content (AvgIpc) is 2.53. The third-order valence-corrected chi connectivity index (χ3v) is 3.89. The molecule has 0 bridgehead atoms. The fourth-order valence-electron chi connectivity index (χ4n) is 2.57. The van der Waals surface area contributed by atoms with Gasteiger partial charge in [0.2, 0.25) is 11.8 Å². The normalized spacial score (nSPS) is 15.2. The van der Waals surface area contributed by atoms with Crippen LogP contribution in [-0.2, 0) is 14.4 Å². The minimum atomic E-state index is -0.398. The van der Waals surface area contributed by atoms with Crippen molar-refractivity contribution in [3.8, 4) is 0 Å². The quantitative estimate of drug-likeness (QED) is 0.850. The molecule has 2 amide bonds. The lowest BCUT2D eigenvalue weighted by atomic mass is 10.2. The van der Waals surface area contributed by atoms with Crippen molar-refractivity contribution in [2.75, 3.05) is 38.0 Å². The fourth-order valence-corrected chi connectivity index (χ4v) is 2.57. The van der Waals surface area contributed by atoms with Crippen molar-refractivity contribution in [3.63, 3.8) is 0 Å². The second-order valence-electron chi connectivity index (χ2n) is 5.92. The predicted molar refractivity (Wildman–Crippen MR) is 88.0 cm³/mol. The Labute approximate surface area is 140 Å². The fraction of sp³-hybridized carbons (Fsp3) is 0.471. The molecule has 1 heterocycles. The summed E-state index contributed by atoms with van der Waals surface area (Å²) in [5.41, 5.74) is 0.429. The van der Waals surface area contributed by atoms with Crippen LogP contribution in [-0.4, -0.2) is 60.1 Å². The lowest BCUT2D eigenvalue weighted by Gasteiger charge is -2.34. The van der Waals surface area contributed by atoms with Gasteiger partial charge in [-0.2, -0.15) is 0 Å². The van der Waals surface area contributed by atoms with E-state index in [0.717, 1.165) is 0 Å². The number of amides is 2. The van der Waals surface area contributed by atoms with Crippen molar-refractivity contribution < 1.29 is 18.8 Å². The van der Waals surface area contributed by atoms with Gasteiger partial charge in [-0.25, -0.2) is 4.39 Å². The molecular formula is C17H22FN3O3. The van der Waals surface area contributed by atoms with Crippen LogP contribution in [0.2, 0.25) is 0 Å². The summed E-state index contributed by atoms with van der Waals surface area (Å²) in [6.07, 6.45) is 0.518. The molecule has 1 aromatic carbocycles. The number of hydrogen-bond acceptors (Lipinski definition) is 4. The third-order valence-electron chi connectivity index (χ3n) is 3.89. The number of anilines is 1. The van der Waals surface area contributed by atoms with Crippen molar-refractivity contribution in [2.45, 2.75) is 19.8 Å². The van der Waals surface area contributed by atoms with Gasteiger partial charge in [-0.3, -0.25) is 14.5 Å². The highest BCUT2D eigenvalue weighted by Gasteiger charge is 2.22. The molecule has 2 rings (SSSR count). The summed E-state index contributed by atoms with van der Waals surface area (Å²) >= 11 is 0. The second-order valence-corrected chi connectivity index (χ2v) is 5.92. The molecule has 6 nitrogen and oxygen atoms in total. The molecule has 1 aromatic rings. The van der Waals surface area contributed by atoms with Gasteiger partial charge in [0.05, 0.1) is 6.54 Å². The number of carbonyl (C=O) groups is 3. The Morgan fingerprint density at radius 2 is 1.83 bits per heavy atom. The van der Waals surface area contributed by atoms with E-state index in [1.54, 1.807) is 11.0 Å². The minimum absolute atomic E-state index is 0.0102. The van der Waals surface area contributed by atoms with E-state index in [-0.39, 0.29) is 37.0 Å². The zero-order valence-electron chi connectivity index (χ0n) is 13.8. The number of piperazine rings is 1. The van der Waals surface area contributed by atoms with Gasteiger partial charge in [0.1, 0.15) is 11.6 Å². The van der Waals surface area contributed by atoms with E-state index >= 15 is 0 Å². The van der Waals surface area contributed by atoms with Gasteiger partial charge in [-0.05, 0) is 25.1 Å². The monoisotopic (exact) mass is 335 g/mol. The molecule has 1 aliphatic rings. The SMILES string of the molecule is CC(=O)CCC(=O)N1CCN(CC(=O)Nc2cccc(F)c2)CC1. The molecule has 1 N–H and O–H groups in total. The van der Waals surface area contributed by atoms with Crippen molar-refractivity contribution in [1.29, 1.82) is 0 Å². The molecule has 7 heteroatoms. The molecule has 130 valence electrons. The lowest BCUT2D eigenvalue weighted by molar-refractivity contribution is -0.134. The van der Waals surface area contributed by atoms with E-state index in [1.807, 2.05) is 4.90 Å². The first-order valence-electron chi connectivity index (χ1n) is 7.99. The standard InChI is InChI=1S/C17H22FN3O3/c1-13(22)5-6-17(24)21-9-7-20(8-10-21)12-16(23)19-15-4-2-3-14(18)11-15/h2-4,11H,5-10,12H2,1H3,(H,19,23). The Kier molecular flexibility index (Phi) is 6.43. The maximum atomic E-state index is 13.1. The van der Waals surface area contributed by atoms with E-state index in [9.17, 15) is 18.8 Å². The summed E-state index contributed by atoms with van der Waals surface area (Å²) < 4.78 is 13.1. The summed E-state index contributed by atoms with van der Waals surface area (Å²) in [4.78, 5) is 38.5. The van der Waals surface area contributed by atoms with Crippen LogP contribution in [0.3, 0.4) is 0 Å². The van der Waals surface area contributed by atoms with Gasteiger partial charge < -0.3 is 15.0 Å². The van der Waals surface area contributed by atoms with Crippen LogP contribution in [0.4, 0.5) is 10.1 Å². The summed E-state index contributed by atoms with van der Waals surface area (Å²) in [7, 11) is 0. The molecule has 0 unspecified atom stereocenters. The van der Waals surface area contributed by atoms with E-state index < -0.39 is 5.82 Å². The largest absolute Gasteiger partial charge is 0.340 e. The van der Waals surface area contributed by atoms with Crippen molar-refractivity contribution in [2.24, 2.45) is 0 Å². The highest BCUT2D eigenvalue weighted by Crippen LogP contribution is 2.10. The number of hydrogen-bond donors (Lipinski definition) is 1. The van der Waals surface area contributed by atoms with Gasteiger partial charge in [-0.15, -0.1) is 0 Å². The predicted octanol–water partition coefficient (Wildman–Crippen LogP) is 1.28. The summed E-state index contributed by atoms with van der Waals surface area (Å²) in [5, 5.41) is 2.66. The van der Waals surface area contributed by atoms with Gasteiger partial charge in [-0.1, -0.05) is 6.07 Å². The average molecular weight is 335 g/mol. The van der Waals surface area contributed by atoms with Crippen LogP contribution in [0.5, 0.6) is 0 Å². The summed E-state index contributed by atoms with van der Waals surface area (Å²) in [6.45, 7) is 3.97. The van der Waals surface area contributed by atoms with Gasteiger partial charge in [0.15, 0.2) is 0 Å². The Morgan fingerprint density at radius 1 is 1.12 bits per heavy atom. The number of benzene rings is 1. The molecule has 0 atom stereocenters. The Morgan fingerprint density at radius 3 is 2.46 bits per heavy atom. The molecule has 0 radical (unpaired) electrons. The molecule has 0 aromatic heterocycles.